The molecule has 6 heteroatoms. The molecule has 2 saturated heterocycles. The summed E-state index contributed by atoms with van der Waals surface area (Å²) >= 11 is 0. The molecule has 3 rings (SSSR count). The molecule has 0 aromatic heterocycles. The molecule has 0 bridgehead atoms. The highest BCUT2D eigenvalue weighted by Crippen LogP contribution is 2.35. The van der Waals surface area contributed by atoms with Gasteiger partial charge in [-0.2, -0.15) is 0 Å². The molecule has 2 aliphatic heterocycles. The van der Waals surface area contributed by atoms with E-state index in [9.17, 15) is 8.42 Å². The van der Waals surface area contributed by atoms with E-state index in [1.54, 1.807) is 0 Å². The zero-order valence-corrected chi connectivity index (χ0v) is 11.7. The van der Waals surface area contributed by atoms with Gasteiger partial charge in [0.15, 0.2) is 0 Å². The molecule has 0 radical (unpaired) electrons. The fourth-order valence-electron chi connectivity index (χ4n) is 3.16. The zero-order valence-electron chi connectivity index (χ0n) is 10.9. The Morgan fingerprint density at radius 1 is 1.33 bits per heavy atom. The maximum atomic E-state index is 12.0. The van der Waals surface area contributed by atoms with Gasteiger partial charge in [0.25, 0.3) is 0 Å². The van der Waals surface area contributed by atoms with Gasteiger partial charge in [-0.3, -0.25) is 0 Å². The molecule has 0 aromatic rings. The Bertz CT molecular complexity index is 417. The van der Waals surface area contributed by atoms with Crippen LogP contribution in [0.15, 0.2) is 0 Å². The highest BCUT2D eigenvalue weighted by molar-refractivity contribution is 7.90. The summed E-state index contributed by atoms with van der Waals surface area (Å²) in [5.74, 6) is 0. The molecule has 1 aliphatic carbocycles. The molecular weight excluding hydrogens is 252 g/mol. The van der Waals surface area contributed by atoms with Crippen LogP contribution in [-0.4, -0.2) is 57.0 Å². The second kappa shape index (κ2) is 4.44. The normalized spacial score (nSPS) is 38.4. The maximum absolute atomic E-state index is 12.0. The van der Waals surface area contributed by atoms with Crippen LogP contribution in [0.2, 0.25) is 0 Å². The van der Waals surface area contributed by atoms with Crippen LogP contribution >= 0.6 is 0 Å². The summed E-state index contributed by atoms with van der Waals surface area (Å²) in [5, 5.41) is -0.123. The lowest BCUT2D eigenvalue weighted by Crippen LogP contribution is -2.50. The number of hydrogen-bond donors (Lipinski definition) is 1. The molecule has 2 atom stereocenters. The van der Waals surface area contributed by atoms with Crippen molar-refractivity contribution in [3.63, 3.8) is 0 Å². The van der Waals surface area contributed by atoms with Crippen LogP contribution in [-0.2, 0) is 14.8 Å². The van der Waals surface area contributed by atoms with Crippen LogP contribution in [0, 0.1) is 0 Å². The third-order valence-electron chi connectivity index (χ3n) is 4.29. The molecule has 1 N–H and O–H groups in total. The van der Waals surface area contributed by atoms with E-state index in [0.29, 0.717) is 6.61 Å². The Morgan fingerprint density at radius 3 is 2.72 bits per heavy atom. The number of hydrogen-bond acceptors (Lipinski definition) is 4. The van der Waals surface area contributed by atoms with E-state index in [1.165, 1.54) is 0 Å². The lowest BCUT2D eigenvalue weighted by atomic mass is 9.90. The zero-order chi connectivity index (χ0) is 12.8. The number of rotatable bonds is 3. The van der Waals surface area contributed by atoms with Gasteiger partial charge in [0, 0.05) is 25.7 Å². The number of nitrogens with one attached hydrogen (secondary N) is 1. The average molecular weight is 274 g/mol. The van der Waals surface area contributed by atoms with Crippen molar-refractivity contribution in [3.05, 3.63) is 0 Å². The number of ether oxygens (including phenoxy) is 1. The highest BCUT2D eigenvalue weighted by atomic mass is 32.2. The minimum absolute atomic E-state index is 0.0656. The van der Waals surface area contributed by atoms with Gasteiger partial charge in [-0.25, -0.2) is 13.1 Å². The van der Waals surface area contributed by atoms with Crippen molar-refractivity contribution in [1.29, 1.82) is 0 Å². The van der Waals surface area contributed by atoms with Crippen molar-refractivity contribution in [2.24, 2.45) is 0 Å². The fraction of sp³-hybridized carbons (Fsp3) is 1.00. The molecule has 5 nitrogen and oxygen atoms in total. The van der Waals surface area contributed by atoms with Crippen LogP contribution in [0.25, 0.3) is 0 Å². The van der Waals surface area contributed by atoms with Gasteiger partial charge in [-0.1, -0.05) is 0 Å². The Hall–Kier alpha value is -0.170. The third kappa shape index (κ3) is 2.57. The Balaban J connectivity index is 1.64. The minimum Gasteiger partial charge on any atom is -0.373 e. The van der Waals surface area contributed by atoms with E-state index in [0.717, 1.165) is 45.2 Å². The summed E-state index contributed by atoms with van der Waals surface area (Å²) in [4.78, 5) is 2.26. The number of sulfonamides is 1. The van der Waals surface area contributed by atoms with Crippen molar-refractivity contribution in [3.8, 4) is 0 Å². The van der Waals surface area contributed by atoms with Crippen molar-refractivity contribution in [1.82, 2.24) is 9.62 Å². The van der Waals surface area contributed by atoms with E-state index < -0.39 is 10.0 Å². The topological polar surface area (TPSA) is 58.6 Å². The maximum Gasteiger partial charge on any atom is 0.214 e. The van der Waals surface area contributed by atoms with E-state index in [2.05, 4.69) is 16.7 Å². The molecule has 1 spiro atoms. The lowest BCUT2D eigenvalue weighted by molar-refractivity contribution is -0.0766. The molecule has 3 fully saturated rings. The van der Waals surface area contributed by atoms with Crippen molar-refractivity contribution < 1.29 is 13.2 Å². The minimum atomic E-state index is -3.07. The standard InChI is InChI=1S/C12H22N2O3S/c1-14-6-5-12(9-14)8-10(4-7-17-12)13-18(15,16)11-2-3-11/h10-11,13H,2-9H2,1H3/t10-,12+/m1/s1. The summed E-state index contributed by atoms with van der Waals surface area (Å²) in [7, 11) is -0.972. The molecule has 1 saturated carbocycles. The third-order valence-corrected chi connectivity index (χ3v) is 6.31. The van der Waals surface area contributed by atoms with Crippen LogP contribution in [0.3, 0.4) is 0 Å². The van der Waals surface area contributed by atoms with Gasteiger partial charge in [0.05, 0.1) is 10.9 Å². The van der Waals surface area contributed by atoms with Crippen molar-refractivity contribution in [2.45, 2.75) is 49.0 Å². The predicted octanol–water partition coefficient (Wildman–Crippen LogP) is 0.322. The molecule has 18 heavy (non-hydrogen) atoms. The summed E-state index contributed by atoms with van der Waals surface area (Å²) in [6, 6.07) is 0.0656. The van der Waals surface area contributed by atoms with Gasteiger partial charge >= 0.3 is 0 Å². The number of likely N-dealkylation sites (tertiary alicyclic amines) is 1. The number of nitrogens with zero attached hydrogens (tertiary/aromatic N) is 1. The molecule has 3 aliphatic rings. The lowest BCUT2D eigenvalue weighted by Gasteiger charge is -2.38. The quantitative estimate of drug-likeness (QED) is 0.805. The SMILES string of the molecule is CN1CC[C@]2(C[C@H](NS(=O)(=O)C3CC3)CCO2)C1. The molecule has 0 aromatic carbocycles. The first-order valence-electron chi connectivity index (χ1n) is 6.83. The van der Waals surface area contributed by atoms with E-state index >= 15 is 0 Å². The van der Waals surface area contributed by atoms with Gasteiger partial charge in [0.2, 0.25) is 10.0 Å². The largest absolute Gasteiger partial charge is 0.373 e. The first-order valence-corrected chi connectivity index (χ1v) is 8.37. The van der Waals surface area contributed by atoms with E-state index in [1.807, 2.05) is 0 Å². The molecular formula is C12H22N2O3S. The van der Waals surface area contributed by atoms with Crippen LogP contribution in [0.1, 0.15) is 32.1 Å². The predicted molar refractivity (Wildman–Crippen MR) is 68.9 cm³/mol. The van der Waals surface area contributed by atoms with Gasteiger partial charge in [-0.15, -0.1) is 0 Å². The Morgan fingerprint density at radius 2 is 2.11 bits per heavy atom. The summed E-state index contributed by atoms with van der Waals surface area (Å²) in [6.45, 7) is 2.64. The van der Waals surface area contributed by atoms with Crippen molar-refractivity contribution >= 4 is 10.0 Å². The molecule has 2 heterocycles. The first kappa shape index (κ1) is 12.8. The summed E-state index contributed by atoms with van der Waals surface area (Å²) < 4.78 is 32.8. The van der Waals surface area contributed by atoms with E-state index in [4.69, 9.17) is 4.74 Å². The van der Waals surface area contributed by atoms with Crippen LogP contribution < -0.4 is 4.72 Å². The van der Waals surface area contributed by atoms with Crippen LogP contribution in [0.5, 0.6) is 0 Å². The highest BCUT2D eigenvalue weighted by Gasteiger charge is 2.44. The second-order valence-electron chi connectivity index (χ2n) is 6.07. The van der Waals surface area contributed by atoms with Crippen LogP contribution in [0.4, 0.5) is 0 Å². The summed E-state index contributed by atoms with van der Waals surface area (Å²) in [5.41, 5.74) is -0.107. The van der Waals surface area contributed by atoms with Gasteiger partial charge in [0.1, 0.15) is 0 Å². The second-order valence-corrected chi connectivity index (χ2v) is 8.06. The molecule has 104 valence electrons. The Labute approximate surface area is 109 Å². The monoisotopic (exact) mass is 274 g/mol. The first-order chi connectivity index (χ1) is 8.49. The van der Waals surface area contributed by atoms with Crippen molar-refractivity contribution in [2.75, 3.05) is 26.7 Å². The smallest absolute Gasteiger partial charge is 0.214 e. The molecule has 0 amide bonds. The fourth-order valence-corrected chi connectivity index (χ4v) is 4.78. The van der Waals surface area contributed by atoms with Gasteiger partial charge < -0.3 is 9.64 Å². The number of likely N-dealkylation sites (N-methyl/N-ethyl adjacent to an activating group) is 1. The van der Waals surface area contributed by atoms with E-state index in [-0.39, 0.29) is 16.9 Å². The molecule has 0 unspecified atom stereocenters. The summed E-state index contributed by atoms with van der Waals surface area (Å²) in [6.07, 6.45) is 4.30. The van der Waals surface area contributed by atoms with Gasteiger partial charge in [-0.05, 0) is 39.2 Å². The average Bonchev–Trinajstić information content (AvgIpc) is 3.06. The Kier molecular flexibility index (Phi) is 3.17.